The van der Waals surface area contributed by atoms with Crippen molar-refractivity contribution in [3.05, 3.63) is 65.2 Å². The minimum atomic E-state index is -0.295. The molecule has 0 spiro atoms. The number of hydrogen-bond donors (Lipinski definition) is 2. The monoisotopic (exact) mass is 578 g/mol. The summed E-state index contributed by atoms with van der Waals surface area (Å²) in [4.78, 5) is 30.5. The molecule has 1 amide bonds. The maximum absolute atomic E-state index is 13.0. The third kappa shape index (κ3) is 4.62. The summed E-state index contributed by atoms with van der Waals surface area (Å²) >= 11 is 0. The molecule has 3 aliphatic rings. The Kier molecular flexibility index (Phi) is 6.18. The van der Waals surface area contributed by atoms with E-state index in [1.165, 1.54) is 5.56 Å². The molecule has 1 unspecified atom stereocenters. The molecule has 11 nitrogen and oxygen atoms in total. The van der Waals surface area contributed by atoms with Gasteiger partial charge in [-0.1, -0.05) is 30.3 Å². The molecule has 5 aromatic rings. The second-order valence-corrected chi connectivity index (χ2v) is 12.4. The lowest BCUT2D eigenvalue weighted by Crippen LogP contribution is -2.31. The molecule has 1 saturated heterocycles. The molecule has 1 aromatic carbocycles. The Labute approximate surface area is 248 Å². The van der Waals surface area contributed by atoms with Crippen molar-refractivity contribution in [1.82, 2.24) is 40.2 Å². The van der Waals surface area contributed by atoms with E-state index in [9.17, 15) is 4.79 Å². The Morgan fingerprint density at radius 3 is 2.81 bits per heavy atom. The van der Waals surface area contributed by atoms with Crippen molar-refractivity contribution >= 4 is 17.1 Å². The van der Waals surface area contributed by atoms with Crippen molar-refractivity contribution in [1.29, 1.82) is 0 Å². The Hall–Kier alpha value is -4.38. The van der Waals surface area contributed by atoms with Gasteiger partial charge in [-0.25, -0.2) is 9.97 Å². The van der Waals surface area contributed by atoms with Gasteiger partial charge in [-0.15, -0.1) is 0 Å². The zero-order valence-corrected chi connectivity index (χ0v) is 24.4. The number of amides is 1. The first-order chi connectivity index (χ1) is 21.0. The van der Waals surface area contributed by atoms with Crippen molar-refractivity contribution in [3.63, 3.8) is 0 Å². The molecular weight excluding hydrogens is 544 g/mol. The average molecular weight is 579 g/mol. The molecule has 220 valence electrons. The third-order valence-corrected chi connectivity index (χ3v) is 9.44. The van der Waals surface area contributed by atoms with Gasteiger partial charge in [0, 0.05) is 36.1 Å². The van der Waals surface area contributed by atoms with Gasteiger partial charge in [0.1, 0.15) is 11.3 Å². The smallest absolute Gasteiger partial charge is 0.293 e. The van der Waals surface area contributed by atoms with Gasteiger partial charge in [-0.2, -0.15) is 10.1 Å². The number of rotatable bonds is 6. The molecule has 2 N–H and O–H groups in total. The maximum atomic E-state index is 13.0. The lowest BCUT2D eigenvalue weighted by molar-refractivity contribution is 0.0657. The highest BCUT2D eigenvalue weighted by Gasteiger charge is 2.45. The van der Waals surface area contributed by atoms with E-state index in [2.05, 4.69) is 62.2 Å². The molecule has 0 bridgehead atoms. The topological polar surface area (TPSA) is 137 Å². The summed E-state index contributed by atoms with van der Waals surface area (Å²) in [6.07, 6.45) is 10.5. The van der Waals surface area contributed by atoms with E-state index in [0.717, 1.165) is 103 Å². The van der Waals surface area contributed by atoms with Crippen LogP contribution in [-0.4, -0.2) is 54.0 Å². The lowest BCUT2D eigenvalue weighted by Gasteiger charge is -2.26. The molecule has 4 aromatic heterocycles. The van der Waals surface area contributed by atoms with Gasteiger partial charge < -0.3 is 19.6 Å². The van der Waals surface area contributed by atoms with Crippen molar-refractivity contribution in [2.45, 2.75) is 76.3 Å². The normalized spacial score (nSPS) is 19.8. The first-order valence-electron chi connectivity index (χ1n) is 15.2. The fourth-order valence-electron chi connectivity index (χ4n) is 6.54. The van der Waals surface area contributed by atoms with Crippen LogP contribution >= 0.6 is 0 Å². The molecule has 1 aliphatic heterocycles. The van der Waals surface area contributed by atoms with Gasteiger partial charge in [-0.3, -0.25) is 9.48 Å². The van der Waals surface area contributed by atoms with Crippen molar-refractivity contribution < 1.29 is 14.1 Å². The molecule has 11 heteroatoms. The SMILES string of the molecule is Cc1c(-c2nc3c(-c4ccc5c(c4)CCCC5NC(=O)c4noc(C5(C)CC5)n4)ccnc3[nH]2)cnn1C1CCOCC1. The predicted octanol–water partition coefficient (Wildman–Crippen LogP) is 5.39. The molecular formula is C32H34N8O3. The van der Waals surface area contributed by atoms with E-state index in [4.69, 9.17) is 19.3 Å². The second kappa shape index (κ2) is 10.1. The summed E-state index contributed by atoms with van der Waals surface area (Å²) in [5.41, 5.74) is 8.02. The Balaban J connectivity index is 1.06. The van der Waals surface area contributed by atoms with E-state index < -0.39 is 0 Å². The number of fused-ring (bicyclic) bond motifs is 2. The first kappa shape index (κ1) is 26.3. The number of aromatic amines is 1. The molecule has 2 fully saturated rings. The standard InChI is InChI=1S/C32H34N8O3/c1-18-24(17-34-40(18)21-9-14-42-15-10-21)27-36-26-23(8-13-33-28(26)37-27)20-6-7-22-19(16-20)4-3-5-25(22)35-30(41)29-38-31(43-39-29)32(2)11-12-32/h6-8,13,16-17,21,25H,3-5,9-12,14-15H2,1-2H3,(H,35,41)(H,33,36,37). The van der Waals surface area contributed by atoms with Gasteiger partial charge in [-0.05, 0) is 74.6 Å². The summed E-state index contributed by atoms with van der Waals surface area (Å²) in [5, 5.41) is 11.8. The van der Waals surface area contributed by atoms with Crippen molar-refractivity contribution in [2.75, 3.05) is 13.2 Å². The van der Waals surface area contributed by atoms with Gasteiger partial charge in [0.15, 0.2) is 5.65 Å². The largest absolute Gasteiger partial charge is 0.381 e. The molecule has 0 radical (unpaired) electrons. The highest BCUT2D eigenvalue weighted by molar-refractivity contribution is 5.92. The minimum absolute atomic E-state index is 0.0710. The van der Waals surface area contributed by atoms with E-state index in [-0.39, 0.29) is 23.2 Å². The number of hydrogen-bond acceptors (Lipinski definition) is 8. The summed E-state index contributed by atoms with van der Waals surface area (Å²) in [6.45, 7) is 5.72. The van der Waals surface area contributed by atoms with E-state index in [1.54, 1.807) is 0 Å². The molecule has 5 heterocycles. The van der Waals surface area contributed by atoms with Gasteiger partial charge in [0.2, 0.25) is 5.89 Å². The Bertz CT molecular complexity index is 1840. The number of carbonyl (C=O) groups is 1. The van der Waals surface area contributed by atoms with Crippen LogP contribution in [0.4, 0.5) is 0 Å². The molecule has 1 saturated carbocycles. The summed E-state index contributed by atoms with van der Waals surface area (Å²) < 4.78 is 13.0. The van der Waals surface area contributed by atoms with Crippen LogP contribution in [0.5, 0.6) is 0 Å². The Morgan fingerprint density at radius 1 is 1.12 bits per heavy atom. The van der Waals surface area contributed by atoms with Crippen LogP contribution in [0.25, 0.3) is 33.7 Å². The summed E-state index contributed by atoms with van der Waals surface area (Å²) in [6, 6.07) is 8.73. The van der Waals surface area contributed by atoms with Gasteiger partial charge >= 0.3 is 0 Å². The maximum Gasteiger partial charge on any atom is 0.293 e. The second-order valence-electron chi connectivity index (χ2n) is 12.4. The zero-order valence-electron chi connectivity index (χ0n) is 24.4. The fourth-order valence-corrected chi connectivity index (χ4v) is 6.54. The van der Waals surface area contributed by atoms with Crippen LogP contribution in [0.1, 0.15) is 90.9 Å². The van der Waals surface area contributed by atoms with E-state index in [0.29, 0.717) is 11.9 Å². The van der Waals surface area contributed by atoms with Crippen molar-refractivity contribution in [3.8, 4) is 22.5 Å². The van der Waals surface area contributed by atoms with E-state index in [1.807, 2.05) is 18.5 Å². The van der Waals surface area contributed by atoms with Crippen LogP contribution < -0.4 is 5.32 Å². The van der Waals surface area contributed by atoms with Crippen LogP contribution in [0.3, 0.4) is 0 Å². The lowest BCUT2D eigenvalue weighted by atomic mass is 9.85. The fraction of sp³-hybridized carbons (Fsp3) is 0.438. The number of H-pyrrole nitrogens is 1. The van der Waals surface area contributed by atoms with Crippen LogP contribution in [0.15, 0.2) is 41.2 Å². The molecule has 1 atom stereocenters. The minimum Gasteiger partial charge on any atom is -0.381 e. The highest BCUT2D eigenvalue weighted by Crippen LogP contribution is 2.46. The average Bonchev–Trinajstić information content (AvgIpc) is 3.40. The predicted molar refractivity (Wildman–Crippen MR) is 158 cm³/mol. The number of aromatic nitrogens is 7. The zero-order chi connectivity index (χ0) is 29.1. The van der Waals surface area contributed by atoms with Crippen molar-refractivity contribution in [2.24, 2.45) is 0 Å². The number of carbonyl (C=O) groups excluding carboxylic acids is 1. The summed E-state index contributed by atoms with van der Waals surface area (Å²) in [5.74, 6) is 1.14. The quantitative estimate of drug-likeness (QED) is 0.274. The van der Waals surface area contributed by atoms with Gasteiger partial charge in [0.05, 0.1) is 23.8 Å². The molecule has 2 aliphatic carbocycles. The number of benzene rings is 1. The number of ether oxygens (including phenoxy) is 1. The van der Waals surface area contributed by atoms with Crippen LogP contribution in [0, 0.1) is 6.92 Å². The first-order valence-corrected chi connectivity index (χ1v) is 15.2. The highest BCUT2D eigenvalue weighted by atomic mass is 16.5. The number of pyridine rings is 1. The third-order valence-electron chi connectivity index (χ3n) is 9.44. The Morgan fingerprint density at radius 2 is 1.98 bits per heavy atom. The van der Waals surface area contributed by atoms with Crippen LogP contribution in [0.2, 0.25) is 0 Å². The molecule has 8 rings (SSSR count). The summed E-state index contributed by atoms with van der Waals surface area (Å²) in [7, 11) is 0. The number of imidazole rings is 1. The van der Waals surface area contributed by atoms with E-state index >= 15 is 0 Å². The number of aryl methyl sites for hydroxylation is 1. The number of nitrogens with zero attached hydrogens (tertiary/aromatic N) is 6. The number of nitrogens with one attached hydrogen (secondary N) is 2. The van der Waals surface area contributed by atoms with Crippen LogP contribution in [-0.2, 0) is 16.6 Å². The van der Waals surface area contributed by atoms with Gasteiger partial charge in [0.25, 0.3) is 11.7 Å². The molecule has 43 heavy (non-hydrogen) atoms.